The van der Waals surface area contributed by atoms with Crippen LogP contribution in [0.15, 0.2) is 18.2 Å². The number of benzene rings is 1. The summed E-state index contributed by atoms with van der Waals surface area (Å²) in [4.78, 5) is 10.2. The van der Waals surface area contributed by atoms with Gasteiger partial charge in [-0.25, -0.2) is 0 Å². The van der Waals surface area contributed by atoms with Crippen molar-refractivity contribution in [1.29, 1.82) is 0 Å². The molecule has 0 aliphatic heterocycles. The van der Waals surface area contributed by atoms with Gasteiger partial charge in [0, 0.05) is 23.2 Å². The minimum atomic E-state index is -0.443. The molecule has 0 spiro atoms. The maximum atomic E-state index is 10.6. The molecule has 2 rings (SSSR count). The maximum absolute atomic E-state index is 10.6. The highest BCUT2D eigenvalue weighted by molar-refractivity contribution is 5.44. The summed E-state index contributed by atoms with van der Waals surface area (Å²) in [6, 6.07) is 4.16. The molecule has 1 aliphatic carbocycles. The highest BCUT2D eigenvalue weighted by Crippen LogP contribution is 2.40. The Morgan fingerprint density at radius 1 is 1.56 bits per heavy atom. The van der Waals surface area contributed by atoms with E-state index in [0.29, 0.717) is 12.0 Å². The molecule has 16 heavy (non-hydrogen) atoms. The van der Waals surface area contributed by atoms with Gasteiger partial charge in [0.15, 0.2) is 0 Å². The van der Waals surface area contributed by atoms with E-state index in [0.717, 1.165) is 12.8 Å². The van der Waals surface area contributed by atoms with Crippen molar-refractivity contribution in [2.75, 3.05) is 7.05 Å². The minimum Gasteiger partial charge on any atom is -0.508 e. The Morgan fingerprint density at radius 2 is 2.25 bits per heavy atom. The van der Waals surface area contributed by atoms with Crippen LogP contribution < -0.4 is 5.32 Å². The maximum Gasteiger partial charge on any atom is 0.269 e. The van der Waals surface area contributed by atoms with Crippen LogP contribution in [0.5, 0.6) is 5.75 Å². The van der Waals surface area contributed by atoms with E-state index in [-0.39, 0.29) is 17.0 Å². The largest absolute Gasteiger partial charge is 0.508 e. The summed E-state index contributed by atoms with van der Waals surface area (Å²) in [5.41, 5.74) is 0.702. The zero-order valence-corrected chi connectivity index (χ0v) is 9.06. The number of nitro groups is 1. The highest BCUT2D eigenvalue weighted by Gasteiger charge is 2.41. The minimum absolute atomic E-state index is 0.0275. The van der Waals surface area contributed by atoms with E-state index in [2.05, 4.69) is 5.32 Å². The lowest BCUT2D eigenvalue weighted by molar-refractivity contribution is -0.384. The molecule has 2 N–H and O–H groups in total. The lowest BCUT2D eigenvalue weighted by Crippen LogP contribution is -2.29. The average Bonchev–Trinajstić information content (AvgIpc) is 3.02. The van der Waals surface area contributed by atoms with Crippen molar-refractivity contribution in [3.05, 3.63) is 33.9 Å². The van der Waals surface area contributed by atoms with E-state index in [4.69, 9.17) is 0 Å². The molecule has 0 bridgehead atoms. The topological polar surface area (TPSA) is 75.4 Å². The van der Waals surface area contributed by atoms with Crippen LogP contribution in [0.1, 0.15) is 18.4 Å². The molecule has 1 saturated carbocycles. The second-order valence-electron chi connectivity index (χ2n) is 4.28. The van der Waals surface area contributed by atoms with Crippen LogP contribution in [0.25, 0.3) is 0 Å². The van der Waals surface area contributed by atoms with Gasteiger partial charge < -0.3 is 10.4 Å². The van der Waals surface area contributed by atoms with Gasteiger partial charge in [0.25, 0.3) is 5.69 Å². The molecular weight excluding hydrogens is 208 g/mol. The first kappa shape index (κ1) is 10.9. The smallest absolute Gasteiger partial charge is 0.269 e. The van der Waals surface area contributed by atoms with Crippen LogP contribution in [-0.4, -0.2) is 22.6 Å². The molecule has 1 aromatic rings. The van der Waals surface area contributed by atoms with Crippen molar-refractivity contribution >= 4 is 5.69 Å². The number of hydrogen-bond donors (Lipinski definition) is 2. The van der Waals surface area contributed by atoms with Crippen molar-refractivity contribution < 1.29 is 10.0 Å². The van der Waals surface area contributed by atoms with E-state index in [1.165, 1.54) is 18.2 Å². The van der Waals surface area contributed by atoms with Crippen LogP contribution >= 0.6 is 0 Å². The number of hydrogen-bond acceptors (Lipinski definition) is 4. The Bertz CT molecular complexity index is 427. The van der Waals surface area contributed by atoms with Crippen LogP contribution in [0, 0.1) is 10.1 Å². The van der Waals surface area contributed by atoms with Gasteiger partial charge >= 0.3 is 0 Å². The van der Waals surface area contributed by atoms with Crippen molar-refractivity contribution in [1.82, 2.24) is 5.32 Å². The molecule has 0 amide bonds. The summed E-state index contributed by atoms with van der Waals surface area (Å²) in [6.45, 7) is 0. The highest BCUT2D eigenvalue weighted by atomic mass is 16.6. The third-order valence-electron chi connectivity index (χ3n) is 3.19. The molecular formula is C11H14N2O3. The SMILES string of the molecule is CNC1(Cc2cc([N+](=O)[O-])ccc2O)CC1. The fourth-order valence-electron chi connectivity index (χ4n) is 1.86. The third-order valence-corrected chi connectivity index (χ3v) is 3.19. The second kappa shape index (κ2) is 3.75. The number of nitro benzene ring substituents is 1. The van der Waals surface area contributed by atoms with Gasteiger partial charge in [-0.2, -0.15) is 0 Å². The number of rotatable bonds is 4. The number of nitrogens with one attached hydrogen (secondary N) is 1. The Kier molecular flexibility index (Phi) is 2.55. The summed E-state index contributed by atoms with van der Waals surface area (Å²) in [7, 11) is 1.88. The summed E-state index contributed by atoms with van der Waals surface area (Å²) < 4.78 is 0. The number of phenols is 1. The van der Waals surface area contributed by atoms with Crippen molar-refractivity contribution in [2.45, 2.75) is 24.8 Å². The van der Waals surface area contributed by atoms with E-state index < -0.39 is 4.92 Å². The molecule has 5 heteroatoms. The molecule has 5 nitrogen and oxygen atoms in total. The lowest BCUT2D eigenvalue weighted by Gasteiger charge is -2.14. The number of phenolic OH excluding ortho intramolecular Hbond substituents is 1. The molecule has 0 aromatic heterocycles. The second-order valence-corrected chi connectivity index (χ2v) is 4.28. The predicted octanol–water partition coefficient (Wildman–Crippen LogP) is 1.59. The standard InChI is InChI=1S/C11H14N2O3/c1-12-11(4-5-11)7-8-6-9(13(15)16)2-3-10(8)14/h2-3,6,12,14H,4-5,7H2,1H3. The van der Waals surface area contributed by atoms with Gasteiger partial charge in [-0.15, -0.1) is 0 Å². The Labute approximate surface area is 93.2 Å². The normalized spacial score (nSPS) is 17.1. The molecule has 1 fully saturated rings. The van der Waals surface area contributed by atoms with E-state index in [1.807, 2.05) is 7.05 Å². The summed E-state index contributed by atoms with van der Waals surface area (Å²) in [5.74, 6) is 0.132. The third kappa shape index (κ3) is 1.99. The van der Waals surface area contributed by atoms with Crippen LogP contribution in [0.2, 0.25) is 0 Å². The molecule has 0 radical (unpaired) electrons. The zero-order chi connectivity index (χ0) is 11.8. The zero-order valence-electron chi connectivity index (χ0n) is 9.06. The monoisotopic (exact) mass is 222 g/mol. The fraction of sp³-hybridized carbons (Fsp3) is 0.455. The lowest BCUT2D eigenvalue weighted by atomic mass is 10.0. The van der Waals surface area contributed by atoms with Crippen molar-refractivity contribution in [3.63, 3.8) is 0 Å². The molecule has 0 unspecified atom stereocenters. The molecule has 1 aliphatic rings. The quantitative estimate of drug-likeness (QED) is 0.599. The first-order chi connectivity index (χ1) is 7.56. The number of non-ortho nitro benzene ring substituents is 1. The van der Waals surface area contributed by atoms with Crippen molar-refractivity contribution in [3.8, 4) is 5.75 Å². The van der Waals surface area contributed by atoms with Gasteiger partial charge in [0.05, 0.1) is 4.92 Å². The van der Waals surface area contributed by atoms with Crippen LogP contribution in [0.3, 0.4) is 0 Å². The number of aromatic hydroxyl groups is 1. The van der Waals surface area contributed by atoms with Gasteiger partial charge in [-0.1, -0.05) is 0 Å². The first-order valence-corrected chi connectivity index (χ1v) is 5.21. The average molecular weight is 222 g/mol. The van der Waals surface area contributed by atoms with E-state index in [1.54, 1.807) is 0 Å². The van der Waals surface area contributed by atoms with Gasteiger partial charge in [-0.3, -0.25) is 10.1 Å². The Hall–Kier alpha value is -1.62. The first-order valence-electron chi connectivity index (χ1n) is 5.21. The summed E-state index contributed by atoms with van der Waals surface area (Å²) >= 11 is 0. The van der Waals surface area contributed by atoms with E-state index >= 15 is 0 Å². The van der Waals surface area contributed by atoms with Gasteiger partial charge in [0.2, 0.25) is 0 Å². The Morgan fingerprint density at radius 3 is 2.75 bits per heavy atom. The van der Waals surface area contributed by atoms with Crippen LogP contribution in [-0.2, 0) is 6.42 Å². The van der Waals surface area contributed by atoms with E-state index in [9.17, 15) is 15.2 Å². The fourth-order valence-corrected chi connectivity index (χ4v) is 1.86. The van der Waals surface area contributed by atoms with Gasteiger partial charge in [-0.05, 0) is 32.4 Å². The van der Waals surface area contributed by atoms with Crippen LogP contribution in [0.4, 0.5) is 5.69 Å². The molecule has 0 heterocycles. The summed E-state index contributed by atoms with van der Waals surface area (Å²) in [6.07, 6.45) is 2.73. The van der Waals surface area contributed by atoms with Gasteiger partial charge in [0.1, 0.15) is 5.75 Å². The Balaban J connectivity index is 2.25. The molecule has 86 valence electrons. The summed E-state index contributed by atoms with van der Waals surface area (Å²) in [5, 5.41) is 23.5. The van der Waals surface area contributed by atoms with Crippen molar-refractivity contribution in [2.24, 2.45) is 0 Å². The number of nitrogens with zero attached hydrogens (tertiary/aromatic N) is 1. The molecule has 0 saturated heterocycles. The predicted molar refractivity (Wildman–Crippen MR) is 59.5 cm³/mol. The molecule has 0 atom stereocenters. The number of likely N-dealkylation sites (N-methyl/N-ethyl adjacent to an activating group) is 1. The molecule has 1 aromatic carbocycles.